The lowest BCUT2D eigenvalue weighted by Gasteiger charge is -2.18. The number of hydrogen-bond donors (Lipinski definition) is 0. The number of thioether (sulfide) groups is 1. The number of rotatable bonds is 0. The van der Waals surface area contributed by atoms with Gasteiger partial charge in [-0.05, 0) is 39.6 Å². The summed E-state index contributed by atoms with van der Waals surface area (Å²) < 4.78 is 2.96. The normalized spacial score (nSPS) is 13.8. The van der Waals surface area contributed by atoms with E-state index in [-0.39, 0.29) is 0 Å². The van der Waals surface area contributed by atoms with Crippen LogP contribution < -0.4 is 0 Å². The maximum absolute atomic E-state index is 9.80. The minimum Gasteiger partial charge on any atom is -0.264 e. The lowest BCUT2D eigenvalue weighted by Crippen LogP contribution is -2.07. The zero-order chi connectivity index (χ0) is 15.1. The molecule has 2 aromatic carbocycles. The van der Waals surface area contributed by atoms with Gasteiger partial charge >= 0.3 is 0 Å². The van der Waals surface area contributed by atoms with E-state index in [4.69, 9.17) is 0 Å². The van der Waals surface area contributed by atoms with Crippen molar-refractivity contribution in [2.24, 2.45) is 0 Å². The Morgan fingerprint density at radius 2 is 2.18 bits per heavy atom. The van der Waals surface area contributed by atoms with Gasteiger partial charge in [0.05, 0.1) is 21.9 Å². The summed E-state index contributed by atoms with van der Waals surface area (Å²) in [4.78, 5) is 1.16. The quantitative estimate of drug-likeness (QED) is 0.569. The standard InChI is InChI=1S/C17H12BrN3S/c18-14-10-20-21-6-3-7-22-15-8-11-4-1-2-5-12(11)13(9-19)16(15)17(14)21/h1-2,4-5,8,10H,3,6-7H2. The first-order valence-corrected chi connectivity index (χ1v) is 8.88. The van der Waals surface area contributed by atoms with Crippen molar-refractivity contribution in [2.75, 3.05) is 5.75 Å². The number of nitriles is 1. The van der Waals surface area contributed by atoms with E-state index in [9.17, 15) is 5.26 Å². The van der Waals surface area contributed by atoms with Crippen molar-refractivity contribution in [1.29, 1.82) is 5.26 Å². The number of aromatic nitrogens is 2. The van der Waals surface area contributed by atoms with Crippen molar-refractivity contribution in [3.63, 3.8) is 0 Å². The first kappa shape index (κ1) is 13.9. The fourth-order valence-corrected chi connectivity index (χ4v) is 4.51. The van der Waals surface area contributed by atoms with Gasteiger partial charge in [0.2, 0.25) is 0 Å². The predicted molar refractivity (Wildman–Crippen MR) is 92.9 cm³/mol. The van der Waals surface area contributed by atoms with E-state index in [1.165, 1.54) is 0 Å². The third-order valence-corrected chi connectivity index (χ3v) is 5.63. The van der Waals surface area contributed by atoms with Crippen molar-refractivity contribution >= 4 is 38.5 Å². The largest absolute Gasteiger partial charge is 0.264 e. The Labute approximate surface area is 141 Å². The van der Waals surface area contributed by atoms with Crippen LogP contribution in [0, 0.1) is 11.3 Å². The molecule has 0 atom stereocenters. The van der Waals surface area contributed by atoms with Crippen LogP contribution >= 0.6 is 27.7 Å². The summed E-state index contributed by atoms with van der Waals surface area (Å²) >= 11 is 5.44. The fraction of sp³-hybridized carbons (Fsp3) is 0.176. The van der Waals surface area contributed by atoms with Gasteiger partial charge in [0, 0.05) is 22.4 Å². The summed E-state index contributed by atoms with van der Waals surface area (Å²) in [6, 6.07) is 12.7. The third kappa shape index (κ3) is 2.06. The van der Waals surface area contributed by atoms with E-state index in [0.29, 0.717) is 0 Å². The second kappa shape index (κ2) is 5.45. The lowest BCUT2D eigenvalue weighted by molar-refractivity contribution is 0.610. The van der Waals surface area contributed by atoms with Crippen LogP contribution in [0.5, 0.6) is 0 Å². The molecule has 0 aliphatic carbocycles. The summed E-state index contributed by atoms with van der Waals surface area (Å²) in [6.07, 6.45) is 2.89. The van der Waals surface area contributed by atoms with Gasteiger partial charge in [-0.15, -0.1) is 11.8 Å². The van der Waals surface area contributed by atoms with Gasteiger partial charge in [-0.1, -0.05) is 24.3 Å². The summed E-state index contributed by atoms with van der Waals surface area (Å²) in [5, 5.41) is 16.4. The average Bonchev–Trinajstić information content (AvgIpc) is 2.87. The van der Waals surface area contributed by atoms with E-state index in [1.807, 2.05) is 40.8 Å². The van der Waals surface area contributed by atoms with Crippen LogP contribution in [-0.2, 0) is 6.54 Å². The Morgan fingerprint density at radius 3 is 3.05 bits per heavy atom. The first-order chi connectivity index (χ1) is 10.8. The van der Waals surface area contributed by atoms with Crippen molar-refractivity contribution in [3.05, 3.63) is 46.6 Å². The van der Waals surface area contributed by atoms with Gasteiger partial charge in [0.1, 0.15) is 6.07 Å². The molecular formula is C17H12BrN3S. The molecule has 0 N–H and O–H groups in total. The number of fused-ring (bicyclic) bond motifs is 4. The van der Waals surface area contributed by atoms with E-state index in [0.717, 1.165) is 55.7 Å². The Morgan fingerprint density at radius 1 is 1.32 bits per heavy atom. The maximum atomic E-state index is 9.80. The van der Waals surface area contributed by atoms with Gasteiger partial charge in [-0.25, -0.2) is 0 Å². The maximum Gasteiger partial charge on any atom is 0.101 e. The van der Waals surface area contributed by atoms with Crippen molar-refractivity contribution in [2.45, 2.75) is 17.9 Å². The Hall–Kier alpha value is -1.77. The fourth-order valence-electron chi connectivity index (χ4n) is 2.96. The number of aryl methyl sites for hydroxylation is 1. The molecule has 2 heterocycles. The molecule has 3 nitrogen and oxygen atoms in total. The second-order valence-corrected chi connectivity index (χ2v) is 7.21. The van der Waals surface area contributed by atoms with Crippen LogP contribution in [0.15, 0.2) is 45.9 Å². The molecule has 5 heteroatoms. The molecule has 1 aromatic heterocycles. The molecule has 0 unspecified atom stereocenters. The molecule has 4 rings (SSSR count). The van der Waals surface area contributed by atoms with Gasteiger partial charge in [0.25, 0.3) is 0 Å². The van der Waals surface area contributed by atoms with Gasteiger partial charge in [-0.3, -0.25) is 4.68 Å². The molecule has 0 fully saturated rings. The average molecular weight is 370 g/mol. The molecule has 108 valence electrons. The molecule has 0 spiro atoms. The van der Waals surface area contributed by atoms with Crippen LogP contribution in [0.1, 0.15) is 12.0 Å². The minimum absolute atomic E-state index is 0.741. The summed E-state index contributed by atoms with van der Waals surface area (Å²) in [5.74, 6) is 1.03. The smallest absolute Gasteiger partial charge is 0.101 e. The molecule has 0 radical (unpaired) electrons. The highest BCUT2D eigenvalue weighted by Crippen LogP contribution is 2.42. The lowest BCUT2D eigenvalue weighted by atomic mass is 9.97. The molecular weight excluding hydrogens is 358 g/mol. The Bertz CT molecular complexity index is 924. The SMILES string of the molecule is N#Cc1c2c(cc3ccccc13)SCCCn1ncc(Br)c1-2. The van der Waals surface area contributed by atoms with E-state index in [2.05, 4.69) is 39.2 Å². The van der Waals surface area contributed by atoms with Gasteiger partial charge in [0.15, 0.2) is 0 Å². The van der Waals surface area contributed by atoms with Crippen molar-refractivity contribution < 1.29 is 0 Å². The van der Waals surface area contributed by atoms with Crippen molar-refractivity contribution in [1.82, 2.24) is 9.78 Å². The van der Waals surface area contributed by atoms with Crippen LogP contribution in [-0.4, -0.2) is 15.5 Å². The predicted octanol–water partition coefficient (Wildman–Crippen LogP) is 4.83. The molecule has 0 saturated carbocycles. The summed E-state index contributed by atoms with van der Waals surface area (Å²) in [7, 11) is 0. The monoisotopic (exact) mass is 369 g/mol. The Kier molecular flexibility index (Phi) is 3.44. The van der Waals surface area contributed by atoms with Crippen LogP contribution in [0.3, 0.4) is 0 Å². The highest BCUT2D eigenvalue weighted by atomic mass is 79.9. The number of nitrogens with zero attached hydrogens (tertiary/aromatic N) is 3. The number of benzene rings is 2. The van der Waals surface area contributed by atoms with Crippen LogP contribution in [0.2, 0.25) is 0 Å². The molecule has 1 aliphatic heterocycles. The molecule has 0 amide bonds. The highest BCUT2D eigenvalue weighted by molar-refractivity contribution is 9.10. The molecule has 0 bridgehead atoms. The van der Waals surface area contributed by atoms with E-state index < -0.39 is 0 Å². The second-order valence-electron chi connectivity index (χ2n) is 5.22. The molecule has 3 aromatic rings. The van der Waals surface area contributed by atoms with Gasteiger partial charge < -0.3 is 0 Å². The minimum atomic E-state index is 0.741. The summed E-state index contributed by atoms with van der Waals surface area (Å²) in [5.41, 5.74) is 2.77. The van der Waals surface area contributed by atoms with Gasteiger partial charge in [-0.2, -0.15) is 10.4 Å². The molecule has 0 saturated heterocycles. The number of hydrogen-bond acceptors (Lipinski definition) is 3. The van der Waals surface area contributed by atoms with E-state index >= 15 is 0 Å². The topological polar surface area (TPSA) is 41.6 Å². The van der Waals surface area contributed by atoms with Crippen LogP contribution in [0.25, 0.3) is 22.0 Å². The molecule has 1 aliphatic rings. The van der Waals surface area contributed by atoms with Crippen molar-refractivity contribution in [3.8, 4) is 17.3 Å². The zero-order valence-corrected chi connectivity index (χ0v) is 14.1. The first-order valence-electron chi connectivity index (χ1n) is 7.10. The number of halogens is 1. The zero-order valence-electron chi connectivity index (χ0n) is 11.7. The van der Waals surface area contributed by atoms with Crippen LogP contribution in [0.4, 0.5) is 0 Å². The third-order valence-electron chi connectivity index (χ3n) is 3.93. The summed E-state index contributed by atoms with van der Waals surface area (Å²) in [6.45, 7) is 0.880. The highest BCUT2D eigenvalue weighted by Gasteiger charge is 2.22. The Balaban J connectivity index is 2.16. The van der Waals surface area contributed by atoms with E-state index in [1.54, 1.807) is 0 Å². The molecule has 22 heavy (non-hydrogen) atoms.